The summed E-state index contributed by atoms with van der Waals surface area (Å²) in [4.78, 5) is 32.6. The van der Waals surface area contributed by atoms with Gasteiger partial charge in [-0.15, -0.1) is 0 Å². The molecule has 0 aromatic rings. The minimum atomic E-state index is -1.59. The first kappa shape index (κ1) is 15.7. The van der Waals surface area contributed by atoms with Crippen molar-refractivity contribution in [3.8, 4) is 0 Å². The molecule has 0 rings (SSSR count). The summed E-state index contributed by atoms with van der Waals surface area (Å²) in [5.74, 6) is -1.66. The highest BCUT2D eigenvalue weighted by Gasteiger charge is 2.21. The summed E-state index contributed by atoms with van der Waals surface area (Å²) in [7, 11) is 0. The minimum Gasteiger partial charge on any atom is -0.450 e. The van der Waals surface area contributed by atoms with E-state index in [2.05, 4.69) is 27.4 Å². The van der Waals surface area contributed by atoms with Crippen molar-refractivity contribution in [1.82, 2.24) is 0 Å². The highest BCUT2D eigenvalue weighted by Crippen LogP contribution is 2.05. The van der Waals surface area contributed by atoms with Gasteiger partial charge in [0.15, 0.2) is 6.61 Å². The van der Waals surface area contributed by atoms with Gasteiger partial charge < -0.3 is 19.3 Å². The molecule has 100 valence electrons. The van der Waals surface area contributed by atoms with Gasteiger partial charge in [-0.25, -0.2) is 14.4 Å². The maximum atomic E-state index is 11.2. The van der Waals surface area contributed by atoms with Gasteiger partial charge in [-0.1, -0.05) is 13.2 Å². The van der Waals surface area contributed by atoms with Crippen LogP contribution in [0.5, 0.6) is 0 Å². The van der Waals surface area contributed by atoms with Gasteiger partial charge in [0.1, 0.15) is 0 Å². The standard InChI is InChI=1S/C11H14O7/c1-6(2)9(12)17-8(5-16-11(14)15)18-10(13)7(3)4/h8H,1,3,5H2,2,4H3,(H,14,15). The number of ether oxygens (including phenoxy) is 3. The lowest BCUT2D eigenvalue weighted by Crippen LogP contribution is -2.30. The lowest BCUT2D eigenvalue weighted by molar-refractivity contribution is -0.189. The number of hydrogen-bond donors (Lipinski definition) is 1. The monoisotopic (exact) mass is 258 g/mol. The zero-order valence-corrected chi connectivity index (χ0v) is 10.1. The molecule has 7 heteroatoms. The first-order valence-corrected chi connectivity index (χ1v) is 4.82. The zero-order chi connectivity index (χ0) is 14.3. The fourth-order valence-corrected chi connectivity index (χ4v) is 0.671. The van der Waals surface area contributed by atoms with E-state index in [0.29, 0.717) is 0 Å². The molecule has 0 radical (unpaired) electrons. The molecular weight excluding hydrogens is 244 g/mol. The van der Waals surface area contributed by atoms with Crippen LogP contribution in [-0.2, 0) is 23.8 Å². The first-order chi connectivity index (χ1) is 8.23. The third-order valence-corrected chi connectivity index (χ3v) is 1.52. The second kappa shape index (κ2) is 7.10. The summed E-state index contributed by atoms with van der Waals surface area (Å²) in [5, 5.41) is 8.31. The van der Waals surface area contributed by atoms with Crippen LogP contribution in [0.1, 0.15) is 13.8 Å². The molecule has 0 spiro atoms. The normalized spacial score (nSPS) is 9.50. The molecule has 0 saturated carbocycles. The van der Waals surface area contributed by atoms with Gasteiger partial charge >= 0.3 is 18.1 Å². The number of carboxylic acid groups (broad SMARTS) is 1. The molecule has 0 aromatic heterocycles. The number of esters is 2. The van der Waals surface area contributed by atoms with Crippen molar-refractivity contribution < 1.29 is 33.7 Å². The Kier molecular flexibility index (Phi) is 6.19. The molecule has 0 aliphatic rings. The number of hydrogen-bond acceptors (Lipinski definition) is 6. The molecule has 0 saturated heterocycles. The fourth-order valence-electron chi connectivity index (χ4n) is 0.671. The van der Waals surface area contributed by atoms with Crippen LogP contribution < -0.4 is 0 Å². The highest BCUT2D eigenvalue weighted by atomic mass is 16.7. The van der Waals surface area contributed by atoms with E-state index in [1.807, 2.05) is 0 Å². The molecule has 0 aromatic carbocycles. The molecule has 18 heavy (non-hydrogen) atoms. The summed E-state index contributed by atoms with van der Waals surface area (Å²) in [6.07, 6.45) is -3.06. The quantitative estimate of drug-likeness (QED) is 0.434. The minimum absolute atomic E-state index is 0.0710. The van der Waals surface area contributed by atoms with Gasteiger partial charge in [-0.3, -0.25) is 0 Å². The van der Waals surface area contributed by atoms with Crippen LogP contribution in [0, 0.1) is 0 Å². The fraction of sp³-hybridized carbons (Fsp3) is 0.364. The van der Waals surface area contributed by atoms with Crippen molar-refractivity contribution in [2.24, 2.45) is 0 Å². The van der Waals surface area contributed by atoms with Crippen molar-refractivity contribution in [3.63, 3.8) is 0 Å². The average molecular weight is 258 g/mol. The largest absolute Gasteiger partial charge is 0.506 e. The molecular formula is C11H14O7. The number of rotatable bonds is 6. The first-order valence-electron chi connectivity index (χ1n) is 4.82. The molecule has 0 atom stereocenters. The van der Waals surface area contributed by atoms with Crippen LogP contribution in [0.25, 0.3) is 0 Å². The lowest BCUT2D eigenvalue weighted by atomic mass is 10.3. The van der Waals surface area contributed by atoms with E-state index < -0.39 is 31.0 Å². The Morgan fingerprint density at radius 2 is 1.44 bits per heavy atom. The second-order valence-electron chi connectivity index (χ2n) is 3.38. The Morgan fingerprint density at radius 3 is 1.72 bits per heavy atom. The third kappa shape index (κ3) is 6.31. The molecule has 0 aliphatic heterocycles. The van der Waals surface area contributed by atoms with E-state index in [1.165, 1.54) is 13.8 Å². The molecule has 7 nitrogen and oxygen atoms in total. The van der Waals surface area contributed by atoms with E-state index in [1.54, 1.807) is 0 Å². The van der Waals surface area contributed by atoms with E-state index in [4.69, 9.17) is 5.11 Å². The van der Waals surface area contributed by atoms with Gasteiger partial charge in [-0.05, 0) is 13.8 Å². The SMILES string of the molecule is C=C(C)C(=O)OC(COC(=O)O)OC(=O)C(=C)C. The van der Waals surface area contributed by atoms with Crippen LogP contribution in [0.15, 0.2) is 24.3 Å². The van der Waals surface area contributed by atoms with Crippen molar-refractivity contribution in [2.75, 3.05) is 6.61 Å². The Bertz CT molecular complexity index is 355. The summed E-state index contributed by atoms with van der Waals surface area (Å²) >= 11 is 0. The summed E-state index contributed by atoms with van der Waals surface area (Å²) < 4.78 is 13.5. The van der Waals surface area contributed by atoms with Crippen LogP contribution in [0.3, 0.4) is 0 Å². The summed E-state index contributed by atoms with van der Waals surface area (Å²) in [6.45, 7) is 8.80. The molecule has 0 amide bonds. The van der Waals surface area contributed by atoms with Crippen LogP contribution in [0.2, 0.25) is 0 Å². The van der Waals surface area contributed by atoms with E-state index in [9.17, 15) is 14.4 Å². The van der Waals surface area contributed by atoms with Crippen LogP contribution in [-0.4, -0.2) is 36.1 Å². The molecule has 0 heterocycles. The zero-order valence-electron chi connectivity index (χ0n) is 10.1. The van der Waals surface area contributed by atoms with Gasteiger partial charge in [0.2, 0.25) is 0 Å². The van der Waals surface area contributed by atoms with Crippen LogP contribution >= 0.6 is 0 Å². The number of carbonyl (C=O) groups excluding carboxylic acids is 2. The summed E-state index contributed by atoms with van der Waals surface area (Å²) in [6, 6.07) is 0. The predicted octanol–water partition coefficient (Wildman–Crippen LogP) is 1.25. The highest BCUT2D eigenvalue weighted by molar-refractivity contribution is 5.88. The van der Waals surface area contributed by atoms with Crippen molar-refractivity contribution in [3.05, 3.63) is 24.3 Å². The van der Waals surface area contributed by atoms with E-state index in [-0.39, 0.29) is 11.1 Å². The van der Waals surface area contributed by atoms with Gasteiger partial charge in [0.25, 0.3) is 6.29 Å². The Morgan fingerprint density at radius 1 is 1.06 bits per heavy atom. The molecule has 0 unspecified atom stereocenters. The molecule has 0 aliphatic carbocycles. The molecule has 0 fully saturated rings. The van der Waals surface area contributed by atoms with Crippen molar-refractivity contribution in [2.45, 2.75) is 20.1 Å². The lowest BCUT2D eigenvalue weighted by Gasteiger charge is -2.17. The van der Waals surface area contributed by atoms with Gasteiger partial charge in [0.05, 0.1) is 0 Å². The molecule has 1 N–H and O–H groups in total. The maximum Gasteiger partial charge on any atom is 0.506 e. The Hall–Kier alpha value is -2.31. The van der Waals surface area contributed by atoms with Crippen molar-refractivity contribution in [1.29, 1.82) is 0 Å². The average Bonchev–Trinajstić information content (AvgIpc) is 2.25. The third-order valence-electron chi connectivity index (χ3n) is 1.52. The second-order valence-corrected chi connectivity index (χ2v) is 3.38. The van der Waals surface area contributed by atoms with Gasteiger partial charge in [-0.2, -0.15) is 0 Å². The number of carbonyl (C=O) groups is 3. The Labute approximate surface area is 104 Å². The topological polar surface area (TPSA) is 99.1 Å². The maximum absolute atomic E-state index is 11.2. The van der Waals surface area contributed by atoms with Crippen LogP contribution in [0.4, 0.5) is 4.79 Å². The smallest absolute Gasteiger partial charge is 0.450 e. The van der Waals surface area contributed by atoms with E-state index in [0.717, 1.165) is 0 Å². The van der Waals surface area contributed by atoms with Gasteiger partial charge in [0, 0.05) is 11.1 Å². The van der Waals surface area contributed by atoms with E-state index >= 15 is 0 Å². The summed E-state index contributed by atoms with van der Waals surface area (Å²) in [5.41, 5.74) is 0.142. The van der Waals surface area contributed by atoms with Crippen molar-refractivity contribution >= 4 is 18.1 Å². The molecule has 0 bridgehead atoms. The predicted molar refractivity (Wildman–Crippen MR) is 59.6 cm³/mol. The Balaban J connectivity index is 4.56.